The zero-order valence-electron chi connectivity index (χ0n) is 11.5. The van der Waals surface area contributed by atoms with Crippen molar-refractivity contribution in [3.05, 3.63) is 58.3 Å². The van der Waals surface area contributed by atoms with E-state index in [9.17, 15) is 0 Å². The zero-order valence-corrected chi connectivity index (χ0v) is 11.5. The highest BCUT2D eigenvalue weighted by atomic mass is 15.1. The molecule has 0 aromatic heterocycles. The van der Waals surface area contributed by atoms with Gasteiger partial charge in [0, 0.05) is 13.2 Å². The van der Waals surface area contributed by atoms with Crippen molar-refractivity contribution in [3.63, 3.8) is 0 Å². The van der Waals surface area contributed by atoms with Crippen LogP contribution in [0.2, 0.25) is 0 Å². The van der Waals surface area contributed by atoms with Crippen molar-refractivity contribution in [2.75, 3.05) is 7.05 Å². The Morgan fingerprint density at radius 2 is 1.89 bits per heavy atom. The molecule has 0 saturated heterocycles. The van der Waals surface area contributed by atoms with E-state index in [0.29, 0.717) is 6.04 Å². The molecule has 0 unspecified atom stereocenters. The summed E-state index contributed by atoms with van der Waals surface area (Å²) in [5.41, 5.74) is 7.33. The molecule has 1 aliphatic heterocycles. The number of nitrogens with zero attached hydrogens (tertiary/aromatic N) is 1. The van der Waals surface area contributed by atoms with Gasteiger partial charge in [0.05, 0.1) is 6.04 Å². The van der Waals surface area contributed by atoms with E-state index < -0.39 is 0 Å². The maximum Gasteiger partial charge on any atom is 0.0726 e. The van der Waals surface area contributed by atoms with E-state index in [1.165, 1.54) is 36.0 Å². The van der Waals surface area contributed by atoms with Crippen LogP contribution in [-0.4, -0.2) is 11.9 Å². The second kappa shape index (κ2) is 4.31. The topological polar surface area (TPSA) is 3.24 Å². The van der Waals surface area contributed by atoms with Gasteiger partial charge in [-0.3, -0.25) is 0 Å². The highest BCUT2D eigenvalue weighted by molar-refractivity contribution is 5.43. The molecule has 0 bridgehead atoms. The zero-order chi connectivity index (χ0) is 12.7. The Morgan fingerprint density at radius 3 is 2.67 bits per heavy atom. The fourth-order valence-corrected chi connectivity index (χ4v) is 3.23. The van der Waals surface area contributed by atoms with E-state index in [0.717, 1.165) is 0 Å². The summed E-state index contributed by atoms with van der Waals surface area (Å²) in [6, 6.07) is 7.22. The second-order valence-electron chi connectivity index (χ2n) is 5.67. The molecular formula is C17H21N. The highest BCUT2D eigenvalue weighted by Gasteiger charge is 2.24. The molecule has 0 radical (unpaired) electrons. The highest BCUT2D eigenvalue weighted by Crippen LogP contribution is 2.39. The van der Waals surface area contributed by atoms with Crippen LogP contribution < -0.4 is 0 Å². The fourth-order valence-electron chi connectivity index (χ4n) is 3.23. The van der Waals surface area contributed by atoms with Crippen molar-refractivity contribution in [2.24, 2.45) is 0 Å². The van der Waals surface area contributed by atoms with Gasteiger partial charge in [-0.15, -0.1) is 0 Å². The van der Waals surface area contributed by atoms with Crippen LogP contribution in [0, 0.1) is 13.8 Å². The first-order chi connectivity index (χ1) is 8.65. The second-order valence-corrected chi connectivity index (χ2v) is 5.67. The van der Waals surface area contributed by atoms with Crippen molar-refractivity contribution in [3.8, 4) is 0 Å². The van der Waals surface area contributed by atoms with Gasteiger partial charge in [0.1, 0.15) is 0 Å². The molecule has 1 nitrogen and oxygen atoms in total. The fraction of sp³-hybridized carbons (Fsp3) is 0.412. The van der Waals surface area contributed by atoms with Crippen LogP contribution in [-0.2, 0) is 0 Å². The smallest absolute Gasteiger partial charge is 0.0726 e. The van der Waals surface area contributed by atoms with Crippen LogP contribution in [0.15, 0.2) is 41.6 Å². The van der Waals surface area contributed by atoms with Gasteiger partial charge in [0.15, 0.2) is 0 Å². The molecule has 2 aliphatic rings. The molecule has 3 rings (SSSR count). The number of fused-ring (bicyclic) bond motifs is 1. The van der Waals surface area contributed by atoms with Gasteiger partial charge in [0.25, 0.3) is 0 Å². The molecule has 1 heterocycles. The monoisotopic (exact) mass is 239 g/mol. The third-order valence-electron chi connectivity index (χ3n) is 4.21. The van der Waals surface area contributed by atoms with Crippen molar-refractivity contribution >= 4 is 0 Å². The minimum Gasteiger partial charge on any atom is -0.370 e. The third kappa shape index (κ3) is 1.88. The standard InChI is InChI=1S/C17H21N/c1-12-7-8-16(13(2)9-12)17-10-14-5-4-6-15(14)11-18(17)3/h7-11,17H,4-6H2,1-3H3/t17-/m1/s1. The van der Waals surface area contributed by atoms with Crippen LogP contribution in [0.5, 0.6) is 0 Å². The van der Waals surface area contributed by atoms with Crippen molar-refractivity contribution in [1.29, 1.82) is 0 Å². The lowest BCUT2D eigenvalue weighted by molar-refractivity contribution is 0.382. The molecule has 0 spiro atoms. The molecule has 1 heteroatoms. The molecule has 1 aromatic carbocycles. The Morgan fingerprint density at radius 1 is 1.11 bits per heavy atom. The van der Waals surface area contributed by atoms with Gasteiger partial charge >= 0.3 is 0 Å². The van der Waals surface area contributed by atoms with Gasteiger partial charge in [0.2, 0.25) is 0 Å². The molecule has 1 fully saturated rings. The summed E-state index contributed by atoms with van der Waals surface area (Å²) in [5.74, 6) is 0. The quantitative estimate of drug-likeness (QED) is 0.707. The number of rotatable bonds is 1. The van der Waals surface area contributed by atoms with E-state index in [1.54, 1.807) is 11.1 Å². The molecule has 94 valence electrons. The van der Waals surface area contributed by atoms with Crippen molar-refractivity contribution in [1.82, 2.24) is 4.90 Å². The number of benzene rings is 1. The van der Waals surface area contributed by atoms with Crippen LogP contribution in [0.3, 0.4) is 0 Å². The van der Waals surface area contributed by atoms with Gasteiger partial charge < -0.3 is 4.90 Å². The average molecular weight is 239 g/mol. The molecule has 0 N–H and O–H groups in total. The number of allylic oxidation sites excluding steroid dienone is 2. The Hall–Kier alpha value is -1.50. The lowest BCUT2D eigenvalue weighted by Crippen LogP contribution is -2.22. The summed E-state index contributed by atoms with van der Waals surface area (Å²) < 4.78 is 0. The average Bonchev–Trinajstić information content (AvgIpc) is 2.75. The number of hydrogen-bond acceptors (Lipinski definition) is 1. The lowest BCUT2D eigenvalue weighted by Gasteiger charge is -2.31. The summed E-state index contributed by atoms with van der Waals surface area (Å²) in [7, 11) is 2.20. The van der Waals surface area contributed by atoms with Gasteiger partial charge in [-0.2, -0.15) is 0 Å². The van der Waals surface area contributed by atoms with Crippen LogP contribution >= 0.6 is 0 Å². The Bertz CT molecular complexity index is 537. The predicted molar refractivity (Wildman–Crippen MR) is 76.4 cm³/mol. The van der Waals surface area contributed by atoms with E-state index in [2.05, 4.69) is 56.3 Å². The molecule has 1 aromatic rings. The van der Waals surface area contributed by atoms with E-state index in [-0.39, 0.29) is 0 Å². The molecule has 1 aliphatic carbocycles. The Balaban J connectivity index is 2.00. The number of likely N-dealkylation sites (N-methyl/N-ethyl adjacent to an activating group) is 1. The first-order valence-electron chi connectivity index (χ1n) is 6.86. The van der Waals surface area contributed by atoms with E-state index in [1.807, 2.05) is 0 Å². The summed E-state index contributed by atoms with van der Waals surface area (Å²) in [4.78, 5) is 2.36. The van der Waals surface area contributed by atoms with Crippen LogP contribution in [0.1, 0.15) is 42.0 Å². The molecule has 1 saturated carbocycles. The molecular weight excluding hydrogens is 218 g/mol. The van der Waals surface area contributed by atoms with Crippen LogP contribution in [0.4, 0.5) is 0 Å². The maximum absolute atomic E-state index is 2.47. The normalized spacial score (nSPS) is 22.6. The first kappa shape index (κ1) is 11.6. The largest absolute Gasteiger partial charge is 0.370 e. The minimum absolute atomic E-state index is 0.419. The summed E-state index contributed by atoms with van der Waals surface area (Å²) in [5, 5.41) is 0. The van der Waals surface area contributed by atoms with Crippen molar-refractivity contribution < 1.29 is 0 Å². The lowest BCUT2D eigenvalue weighted by atomic mass is 9.93. The van der Waals surface area contributed by atoms with E-state index in [4.69, 9.17) is 0 Å². The minimum atomic E-state index is 0.419. The van der Waals surface area contributed by atoms with Gasteiger partial charge in [-0.25, -0.2) is 0 Å². The van der Waals surface area contributed by atoms with E-state index >= 15 is 0 Å². The summed E-state index contributed by atoms with van der Waals surface area (Å²) >= 11 is 0. The third-order valence-corrected chi connectivity index (χ3v) is 4.21. The Kier molecular flexibility index (Phi) is 2.77. The van der Waals surface area contributed by atoms with Gasteiger partial charge in [-0.1, -0.05) is 29.8 Å². The van der Waals surface area contributed by atoms with Crippen LogP contribution in [0.25, 0.3) is 0 Å². The first-order valence-corrected chi connectivity index (χ1v) is 6.86. The molecule has 1 atom stereocenters. The van der Waals surface area contributed by atoms with Gasteiger partial charge in [-0.05, 0) is 55.4 Å². The molecule has 18 heavy (non-hydrogen) atoms. The summed E-state index contributed by atoms with van der Waals surface area (Å²) in [6.07, 6.45) is 8.67. The SMILES string of the molecule is Cc1ccc([C@H]2C=C3CCCC3=CN2C)c(C)c1. The summed E-state index contributed by atoms with van der Waals surface area (Å²) in [6.45, 7) is 4.39. The number of hydrogen-bond donors (Lipinski definition) is 0. The van der Waals surface area contributed by atoms with Crippen molar-refractivity contribution in [2.45, 2.75) is 39.2 Å². The number of aryl methyl sites for hydroxylation is 2. The predicted octanol–water partition coefficient (Wildman–Crippen LogP) is 4.28. The Labute approximate surface area is 110 Å². The maximum atomic E-state index is 2.47. The molecule has 0 amide bonds.